The van der Waals surface area contributed by atoms with E-state index in [-0.39, 0.29) is 12.5 Å². The minimum absolute atomic E-state index is 0.129. The van der Waals surface area contributed by atoms with E-state index in [0.717, 1.165) is 11.3 Å². The Morgan fingerprint density at radius 1 is 0.926 bits per heavy atom. The van der Waals surface area contributed by atoms with Crippen molar-refractivity contribution in [2.24, 2.45) is 0 Å². The van der Waals surface area contributed by atoms with Crippen molar-refractivity contribution in [2.45, 2.75) is 19.4 Å². The Kier molecular flexibility index (Phi) is 6.30. The second kappa shape index (κ2) is 9.29. The summed E-state index contributed by atoms with van der Waals surface area (Å²) in [5.41, 5.74) is 2.75. The number of aryl methyl sites for hydroxylation is 1. The molecule has 3 rings (SSSR count). The van der Waals surface area contributed by atoms with Crippen LogP contribution in [-0.2, 0) is 22.6 Å². The Balaban J connectivity index is 1.53. The number of pyridine rings is 1. The van der Waals surface area contributed by atoms with Gasteiger partial charge < -0.3 is 10.1 Å². The van der Waals surface area contributed by atoms with E-state index in [4.69, 9.17) is 4.74 Å². The molecule has 0 spiro atoms. The molecular formula is C22H20N2O3. The summed E-state index contributed by atoms with van der Waals surface area (Å²) in [6, 6.07) is 21.8. The third kappa shape index (κ3) is 5.78. The Morgan fingerprint density at radius 3 is 2.52 bits per heavy atom. The van der Waals surface area contributed by atoms with E-state index in [1.54, 1.807) is 30.5 Å². The lowest BCUT2D eigenvalue weighted by molar-refractivity contribution is -0.116. The van der Waals surface area contributed by atoms with E-state index < -0.39 is 5.97 Å². The maximum atomic E-state index is 12.2. The molecule has 0 bridgehead atoms. The fraction of sp³-hybridized carbons (Fsp3) is 0.136. The smallest absolute Gasteiger partial charge is 0.338 e. The SMILES string of the molecule is O=C(CCc1ccccn1)Nc1cccc(C(=O)OCc2ccccc2)c1. The molecule has 1 N–H and O–H groups in total. The third-order valence-electron chi connectivity index (χ3n) is 3.93. The zero-order valence-corrected chi connectivity index (χ0v) is 14.8. The van der Waals surface area contributed by atoms with Gasteiger partial charge in [-0.2, -0.15) is 0 Å². The van der Waals surface area contributed by atoms with E-state index in [2.05, 4.69) is 10.3 Å². The lowest BCUT2D eigenvalue weighted by atomic mass is 10.2. The monoisotopic (exact) mass is 360 g/mol. The molecule has 0 saturated heterocycles. The first-order valence-electron chi connectivity index (χ1n) is 8.71. The molecule has 0 radical (unpaired) electrons. The number of carbonyl (C=O) groups excluding carboxylic acids is 2. The predicted molar refractivity (Wildman–Crippen MR) is 103 cm³/mol. The average molecular weight is 360 g/mol. The van der Waals surface area contributed by atoms with Crippen LogP contribution in [-0.4, -0.2) is 16.9 Å². The molecule has 5 heteroatoms. The number of nitrogens with zero attached hydrogens (tertiary/aromatic N) is 1. The van der Waals surface area contributed by atoms with E-state index in [1.807, 2.05) is 48.5 Å². The topological polar surface area (TPSA) is 68.3 Å². The highest BCUT2D eigenvalue weighted by atomic mass is 16.5. The molecule has 1 amide bonds. The van der Waals surface area contributed by atoms with Crippen molar-refractivity contribution >= 4 is 17.6 Å². The number of anilines is 1. The summed E-state index contributed by atoms with van der Waals surface area (Å²) in [6.45, 7) is 0.209. The fourth-order valence-electron chi connectivity index (χ4n) is 2.54. The van der Waals surface area contributed by atoms with E-state index in [0.29, 0.717) is 24.1 Å². The van der Waals surface area contributed by atoms with Gasteiger partial charge in [0.2, 0.25) is 5.91 Å². The Morgan fingerprint density at radius 2 is 1.74 bits per heavy atom. The number of rotatable bonds is 7. The van der Waals surface area contributed by atoms with Crippen LogP contribution >= 0.6 is 0 Å². The van der Waals surface area contributed by atoms with Gasteiger partial charge in [-0.1, -0.05) is 42.5 Å². The number of carbonyl (C=O) groups is 2. The first-order valence-corrected chi connectivity index (χ1v) is 8.71. The van der Waals surface area contributed by atoms with Crippen LogP contribution < -0.4 is 5.32 Å². The number of ether oxygens (including phenoxy) is 1. The normalized spacial score (nSPS) is 10.2. The van der Waals surface area contributed by atoms with Crippen LogP contribution in [0, 0.1) is 0 Å². The lowest BCUT2D eigenvalue weighted by Crippen LogP contribution is -2.13. The molecule has 1 heterocycles. The van der Waals surface area contributed by atoms with Crippen LogP contribution in [0.25, 0.3) is 0 Å². The third-order valence-corrected chi connectivity index (χ3v) is 3.93. The molecule has 0 fully saturated rings. The maximum absolute atomic E-state index is 12.2. The predicted octanol–water partition coefficient (Wildman–Crippen LogP) is 4.01. The van der Waals surface area contributed by atoms with Gasteiger partial charge in [0.25, 0.3) is 0 Å². The highest BCUT2D eigenvalue weighted by Gasteiger charge is 2.10. The van der Waals surface area contributed by atoms with Gasteiger partial charge in [-0.15, -0.1) is 0 Å². The van der Waals surface area contributed by atoms with Crippen LogP contribution in [0.1, 0.15) is 28.0 Å². The zero-order chi connectivity index (χ0) is 18.9. The van der Waals surface area contributed by atoms with Gasteiger partial charge in [-0.25, -0.2) is 4.79 Å². The molecule has 2 aromatic carbocycles. The summed E-state index contributed by atoms with van der Waals surface area (Å²) in [5.74, 6) is -0.557. The number of aromatic nitrogens is 1. The average Bonchev–Trinajstić information content (AvgIpc) is 2.72. The largest absolute Gasteiger partial charge is 0.457 e. The summed E-state index contributed by atoms with van der Waals surface area (Å²) in [4.78, 5) is 28.5. The van der Waals surface area contributed by atoms with Crippen LogP contribution in [0.3, 0.4) is 0 Å². The van der Waals surface area contributed by atoms with E-state index in [1.165, 1.54) is 0 Å². The quantitative estimate of drug-likeness (QED) is 0.647. The highest BCUT2D eigenvalue weighted by Crippen LogP contribution is 2.13. The molecule has 0 saturated carbocycles. The van der Waals surface area contributed by atoms with E-state index >= 15 is 0 Å². The van der Waals surface area contributed by atoms with E-state index in [9.17, 15) is 9.59 Å². The Labute approximate surface area is 158 Å². The summed E-state index contributed by atoms with van der Waals surface area (Å²) in [7, 11) is 0. The number of hydrogen-bond acceptors (Lipinski definition) is 4. The van der Waals surface area contributed by atoms with Gasteiger partial charge in [0.05, 0.1) is 5.56 Å². The highest BCUT2D eigenvalue weighted by molar-refractivity contribution is 5.94. The summed E-state index contributed by atoms with van der Waals surface area (Å²) < 4.78 is 5.32. The molecule has 136 valence electrons. The number of benzene rings is 2. The number of nitrogens with one attached hydrogen (secondary N) is 1. The van der Waals surface area contributed by atoms with Crippen molar-refractivity contribution in [3.05, 3.63) is 95.8 Å². The minimum Gasteiger partial charge on any atom is -0.457 e. The minimum atomic E-state index is -0.427. The molecule has 0 aliphatic carbocycles. The summed E-state index contributed by atoms with van der Waals surface area (Å²) in [6.07, 6.45) is 2.59. The van der Waals surface area contributed by atoms with Crippen LogP contribution in [0.5, 0.6) is 0 Å². The standard InChI is InChI=1S/C22H20N2O3/c25-21(13-12-19-10-4-5-14-23-19)24-20-11-6-9-18(15-20)22(26)27-16-17-7-2-1-3-8-17/h1-11,14-15H,12-13,16H2,(H,24,25). The Hall–Kier alpha value is -3.47. The fourth-order valence-corrected chi connectivity index (χ4v) is 2.54. The molecule has 0 aliphatic heterocycles. The lowest BCUT2D eigenvalue weighted by Gasteiger charge is -2.08. The first-order chi connectivity index (χ1) is 13.2. The number of esters is 1. The summed E-state index contributed by atoms with van der Waals surface area (Å²) >= 11 is 0. The second-order valence-corrected chi connectivity index (χ2v) is 6.01. The van der Waals surface area contributed by atoms with Gasteiger partial charge in [-0.3, -0.25) is 9.78 Å². The van der Waals surface area contributed by atoms with Gasteiger partial charge >= 0.3 is 5.97 Å². The van der Waals surface area contributed by atoms with Crippen molar-refractivity contribution in [2.75, 3.05) is 5.32 Å². The van der Waals surface area contributed by atoms with Gasteiger partial charge in [0, 0.05) is 24.0 Å². The number of amides is 1. The van der Waals surface area contributed by atoms with Crippen molar-refractivity contribution in [3.63, 3.8) is 0 Å². The van der Waals surface area contributed by atoms with Crippen molar-refractivity contribution in [1.82, 2.24) is 4.98 Å². The molecular weight excluding hydrogens is 340 g/mol. The summed E-state index contributed by atoms with van der Waals surface area (Å²) in [5, 5.41) is 2.81. The molecule has 5 nitrogen and oxygen atoms in total. The van der Waals surface area contributed by atoms with Gasteiger partial charge in [0.15, 0.2) is 0 Å². The zero-order valence-electron chi connectivity index (χ0n) is 14.8. The second-order valence-electron chi connectivity index (χ2n) is 6.01. The van der Waals surface area contributed by atoms with Crippen LogP contribution in [0.2, 0.25) is 0 Å². The van der Waals surface area contributed by atoms with Crippen LogP contribution in [0.15, 0.2) is 79.0 Å². The molecule has 27 heavy (non-hydrogen) atoms. The first kappa shape index (κ1) is 18.3. The maximum Gasteiger partial charge on any atom is 0.338 e. The van der Waals surface area contributed by atoms with Crippen LogP contribution in [0.4, 0.5) is 5.69 Å². The van der Waals surface area contributed by atoms with Gasteiger partial charge in [-0.05, 0) is 42.3 Å². The van der Waals surface area contributed by atoms with Gasteiger partial charge in [0.1, 0.15) is 6.61 Å². The van der Waals surface area contributed by atoms with Crippen molar-refractivity contribution in [1.29, 1.82) is 0 Å². The van der Waals surface area contributed by atoms with Crippen molar-refractivity contribution < 1.29 is 14.3 Å². The molecule has 3 aromatic rings. The van der Waals surface area contributed by atoms with Crippen molar-refractivity contribution in [3.8, 4) is 0 Å². The Bertz CT molecular complexity index is 896. The molecule has 0 atom stereocenters. The molecule has 1 aromatic heterocycles. The molecule has 0 aliphatic rings. The number of hydrogen-bond donors (Lipinski definition) is 1. The molecule has 0 unspecified atom stereocenters.